The first-order valence-electron chi connectivity index (χ1n) is 20.2. The minimum absolute atomic E-state index is 0. The second-order valence-electron chi connectivity index (χ2n) is 14.7. The van der Waals surface area contributed by atoms with Crippen molar-refractivity contribution in [3.63, 3.8) is 0 Å². The number of aryl methyl sites for hydroxylation is 4. The van der Waals surface area contributed by atoms with E-state index in [4.69, 9.17) is 0 Å². The van der Waals surface area contributed by atoms with Crippen LogP contribution in [0.2, 0.25) is 0 Å². The summed E-state index contributed by atoms with van der Waals surface area (Å²) in [6, 6.07) is 68.6. The molecule has 6 aromatic carbocycles. The third-order valence-corrected chi connectivity index (χ3v) is 10.6. The quantitative estimate of drug-likeness (QED) is 0.128. The van der Waals surface area contributed by atoms with Crippen LogP contribution in [0.15, 0.2) is 195 Å². The fourth-order valence-corrected chi connectivity index (χ4v) is 7.59. The van der Waals surface area contributed by atoms with Crippen LogP contribution in [-0.2, 0) is 45.8 Å². The Hall–Kier alpha value is -6.85. The monoisotopic (exact) mass is 968 g/mol. The summed E-state index contributed by atoms with van der Waals surface area (Å²) in [5, 5.41) is 2.45. The molecule has 0 atom stereocenters. The van der Waals surface area contributed by atoms with E-state index in [9.17, 15) is 4.39 Å². The summed E-state index contributed by atoms with van der Waals surface area (Å²) in [7, 11) is 0. The van der Waals surface area contributed by atoms with Crippen molar-refractivity contribution < 1.29 is 24.5 Å². The molecule has 0 unspecified atom stereocenters. The average Bonchev–Trinajstić information content (AvgIpc) is 3.66. The number of para-hydroxylation sites is 2. The van der Waals surface area contributed by atoms with Crippen LogP contribution in [0.5, 0.6) is 0 Å². The Labute approximate surface area is 369 Å². The SMILES string of the molecule is Fc1c[c-]c(-c2ccc(CCc3cc(CCc4c[c-]c(-c5ccccn5)cc4)cc(-c4ccccc4)c3)cn2)cc1.[Ir+3].[c-]1cccc2c3ccccc3n(-c3ccccn3)c12. The van der Waals surface area contributed by atoms with E-state index in [0.29, 0.717) is 0 Å². The van der Waals surface area contributed by atoms with E-state index < -0.39 is 0 Å². The molecule has 10 rings (SSSR count). The molecule has 0 fully saturated rings. The molecular weight excluding hydrogens is 928 g/mol. The van der Waals surface area contributed by atoms with E-state index >= 15 is 0 Å². The van der Waals surface area contributed by atoms with Crippen molar-refractivity contribution in [3.05, 3.63) is 241 Å². The summed E-state index contributed by atoms with van der Waals surface area (Å²) in [6.45, 7) is 0. The van der Waals surface area contributed by atoms with Crippen molar-refractivity contribution >= 4 is 21.8 Å². The van der Waals surface area contributed by atoms with Crippen LogP contribution in [0.4, 0.5) is 4.39 Å². The molecule has 0 bridgehead atoms. The Balaban J connectivity index is 0.000000213. The largest absolute Gasteiger partial charge is 3.00 e. The van der Waals surface area contributed by atoms with Gasteiger partial charge in [0.15, 0.2) is 0 Å². The summed E-state index contributed by atoms with van der Waals surface area (Å²) in [6.07, 6.45) is 9.26. The molecule has 0 amide bonds. The molecule has 61 heavy (non-hydrogen) atoms. The molecule has 0 saturated carbocycles. The minimum atomic E-state index is -0.292. The van der Waals surface area contributed by atoms with E-state index in [0.717, 1.165) is 59.5 Å². The average molecular weight is 968 g/mol. The van der Waals surface area contributed by atoms with Gasteiger partial charge in [0.05, 0.1) is 0 Å². The molecule has 296 valence electrons. The van der Waals surface area contributed by atoms with Gasteiger partial charge in [-0.05, 0) is 88.1 Å². The zero-order valence-corrected chi connectivity index (χ0v) is 35.7. The van der Waals surface area contributed by atoms with Crippen molar-refractivity contribution in [3.8, 4) is 39.5 Å². The van der Waals surface area contributed by atoms with E-state index in [-0.39, 0.29) is 25.9 Å². The van der Waals surface area contributed by atoms with Crippen LogP contribution < -0.4 is 0 Å². The smallest absolute Gasteiger partial charge is 0.319 e. The molecule has 10 aromatic rings. The minimum Gasteiger partial charge on any atom is -0.319 e. The molecule has 0 saturated heterocycles. The number of nitrogens with zero attached hydrogens (tertiary/aromatic N) is 4. The maximum absolute atomic E-state index is 13.2. The number of rotatable bonds is 10. The maximum atomic E-state index is 13.2. The van der Waals surface area contributed by atoms with Crippen molar-refractivity contribution in [2.75, 3.05) is 0 Å². The van der Waals surface area contributed by atoms with Crippen molar-refractivity contribution in [1.29, 1.82) is 0 Å². The Bertz CT molecular complexity index is 2900. The van der Waals surface area contributed by atoms with E-state index in [1.165, 1.54) is 61.8 Å². The van der Waals surface area contributed by atoms with Crippen LogP contribution in [0.1, 0.15) is 22.3 Å². The van der Waals surface area contributed by atoms with Gasteiger partial charge in [0.1, 0.15) is 5.82 Å². The van der Waals surface area contributed by atoms with Gasteiger partial charge in [0.25, 0.3) is 0 Å². The first-order chi connectivity index (χ1) is 29.6. The molecule has 6 heteroatoms. The summed E-state index contributed by atoms with van der Waals surface area (Å²) in [5.74, 6) is 0.635. The third-order valence-electron chi connectivity index (χ3n) is 10.6. The van der Waals surface area contributed by atoms with Gasteiger partial charge in [0, 0.05) is 29.9 Å². The standard InChI is InChI=1S/C38H29FN2.C17H11N2.Ir/c39-36-20-18-34(19-21-36)38-22-15-29(27-41-38)10-12-31-24-30(25-35(26-31)32-6-2-1-3-7-32)11-9-28-13-16-33(17-14-28)37-8-4-5-23-40-37;1-3-9-15-13(7-1)14-8-2-4-10-16(14)19(15)17-11-5-6-12-18-17;/h1-8,13-16,18,20-27H,9-12H2;1-9,11-12H;/q-2;-1;+3. The molecule has 4 nitrogen and oxygen atoms in total. The zero-order valence-electron chi connectivity index (χ0n) is 33.3. The summed E-state index contributed by atoms with van der Waals surface area (Å²) in [5.41, 5.74) is 13.3. The maximum Gasteiger partial charge on any atom is 3.00 e. The normalized spacial score (nSPS) is 10.8. The number of aromatic nitrogens is 4. The van der Waals surface area contributed by atoms with Gasteiger partial charge in [-0.25, -0.2) is 4.98 Å². The first kappa shape index (κ1) is 40.9. The number of benzene rings is 6. The number of halogens is 1. The number of fused-ring (bicyclic) bond motifs is 3. The van der Waals surface area contributed by atoms with Gasteiger partial charge in [-0.2, -0.15) is 24.3 Å². The van der Waals surface area contributed by atoms with Gasteiger partial charge < -0.3 is 14.5 Å². The molecule has 0 radical (unpaired) electrons. The summed E-state index contributed by atoms with van der Waals surface area (Å²) in [4.78, 5) is 13.5. The van der Waals surface area contributed by atoms with Crippen LogP contribution in [0.3, 0.4) is 0 Å². The topological polar surface area (TPSA) is 43.6 Å². The fraction of sp³-hybridized carbons (Fsp3) is 0.0727. The third kappa shape index (κ3) is 9.79. The molecule has 4 heterocycles. The van der Waals surface area contributed by atoms with Gasteiger partial charge in [-0.3, -0.25) is 4.39 Å². The molecule has 0 aliphatic heterocycles. The Morgan fingerprint density at radius 1 is 0.475 bits per heavy atom. The first-order valence-corrected chi connectivity index (χ1v) is 20.2. The Morgan fingerprint density at radius 3 is 1.82 bits per heavy atom. The van der Waals surface area contributed by atoms with Crippen LogP contribution >= 0.6 is 0 Å². The second-order valence-corrected chi connectivity index (χ2v) is 14.7. The number of hydrogen-bond acceptors (Lipinski definition) is 3. The van der Waals surface area contributed by atoms with Gasteiger partial charge in [-0.1, -0.05) is 109 Å². The van der Waals surface area contributed by atoms with Gasteiger partial charge >= 0.3 is 20.1 Å². The van der Waals surface area contributed by atoms with E-state index in [1.807, 2.05) is 73.2 Å². The molecule has 0 spiro atoms. The van der Waals surface area contributed by atoms with Crippen molar-refractivity contribution in [1.82, 2.24) is 19.5 Å². The molecule has 0 aliphatic carbocycles. The van der Waals surface area contributed by atoms with E-state index in [1.54, 1.807) is 6.07 Å². The Kier molecular flexibility index (Phi) is 13.1. The van der Waals surface area contributed by atoms with Crippen LogP contribution in [0.25, 0.3) is 61.3 Å². The fourth-order valence-electron chi connectivity index (χ4n) is 7.59. The molecule has 0 aliphatic rings. The van der Waals surface area contributed by atoms with E-state index in [2.05, 4.69) is 141 Å². The molecular formula is C55H40FIrN4. The number of pyridine rings is 3. The summed E-state index contributed by atoms with van der Waals surface area (Å²) >= 11 is 0. The zero-order chi connectivity index (χ0) is 40.5. The predicted molar refractivity (Wildman–Crippen MR) is 241 cm³/mol. The van der Waals surface area contributed by atoms with Crippen molar-refractivity contribution in [2.24, 2.45) is 0 Å². The van der Waals surface area contributed by atoms with Gasteiger partial charge in [-0.15, -0.1) is 70.6 Å². The predicted octanol–water partition coefficient (Wildman–Crippen LogP) is 12.8. The molecule has 0 N–H and O–H groups in total. The van der Waals surface area contributed by atoms with Gasteiger partial charge in [0.2, 0.25) is 0 Å². The second kappa shape index (κ2) is 19.5. The molecule has 4 aromatic heterocycles. The Morgan fingerprint density at radius 2 is 1.13 bits per heavy atom. The van der Waals surface area contributed by atoms with Crippen LogP contribution in [-0.4, -0.2) is 19.5 Å². The van der Waals surface area contributed by atoms with Crippen molar-refractivity contribution in [2.45, 2.75) is 25.7 Å². The number of hydrogen-bond donors (Lipinski definition) is 0. The summed E-state index contributed by atoms with van der Waals surface area (Å²) < 4.78 is 15.4. The van der Waals surface area contributed by atoms with Crippen LogP contribution in [0, 0.1) is 24.0 Å².